The third-order valence-corrected chi connectivity index (χ3v) is 2.95. The lowest BCUT2D eigenvalue weighted by atomic mass is 10.3. The van der Waals surface area contributed by atoms with Crippen molar-refractivity contribution in [3.05, 3.63) is 5.56 Å². The molecule has 7 heteroatoms. The molecule has 1 aromatic heterocycles. The smallest absolute Gasteiger partial charge is 0.344 e. The average molecular weight is 245 g/mol. The van der Waals surface area contributed by atoms with Crippen molar-refractivity contribution in [3.8, 4) is 0 Å². The molecular formula is C9H15N3O3S. The molecule has 0 fully saturated rings. The number of anilines is 2. The number of methoxy groups -OCH3 is 1. The summed E-state index contributed by atoms with van der Waals surface area (Å²) in [5.41, 5.74) is 5.86. The van der Waals surface area contributed by atoms with Crippen LogP contribution >= 0.6 is 11.5 Å². The lowest BCUT2D eigenvalue weighted by molar-refractivity contribution is 0.0602. The van der Waals surface area contributed by atoms with Gasteiger partial charge in [0.15, 0.2) is 5.82 Å². The van der Waals surface area contributed by atoms with Crippen molar-refractivity contribution in [1.29, 1.82) is 0 Å². The number of nitrogens with two attached hydrogens (primary N) is 1. The number of likely N-dealkylation sites (N-methyl/N-ethyl adjacent to an activating group) is 1. The first-order chi connectivity index (χ1) is 7.47. The van der Waals surface area contributed by atoms with Crippen LogP contribution in [0.1, 0.15) is 17.3 Å². The summed E-state index contributed by atoms with van der Waals surface area (Å²) in [5, 5.41) is 9.87. The Labute approximate surface area is 97.8 Å². The lowest BCUT2D eigenvalue weighted by Gasteiger charge is -2.19. The first-order valence-corrected chi connectivity index (χ1v) is 5.47. The maximum absolute atomic E-state index is 11.5. The molecule has 0 aromatic carbocycles. The van der Waals surface area contributed by atoms with E-state index in [4.69, 9.17) is 5.73 Å². The largest absolute Gasteiger partial charge is 0.465 e. The molecule has 1 rings (SSSR count). The van der Waals surface area contributed by atoms with Gasteiger partial charge in [-0.3, -0.25) is 0 Å². The van der Waals surface area contributed by atoms with Gasteiger partial charge in [0.2, 0.25) is 0 Å². The number of ether oxygens (including phenoxy) is 1. The number of esters is 1. The van der Waals surface area contributed by atoms with Crippen LogP contribution in [0.3, 0.4) is 0 Å². The van der Waals surface area contributed by atoms with Gasteiger partial charge in [0.1, 0.15) is 10.6 Å². The van der Waals surface area contributed by atoms with Crippen LogP contribution in [0.15, 0.2) is 0 Å². The Balaban J connectivity index is 3.00. The van der Waals surface area contributed by atoms with Gasteiger partial charge in [-0.05, 0) is 18.5 Å². The minimum atomic E-state index is -0.515. The molecule has 0 aliphatic carbocycles. The van der Waals surface area contributed by atoms with E-state index in [1.807, 2.05) is 0 Å². The first-order valence-electron chi connectivity index (χ1n) is 4.70. The Morgan fingerprint density at radius 2 is 2.38 bits per heavy atom. The summed E-state index contributed by atoms with van der Waals surface area (Å²) < 4.78 is 8.54. The van der Waals surface area contributed by atoms with Crippen LogP contribution in [0.5, 0.6) is 0 Å². The van der Waals surface area contributed by atoms with E-state index < -0.39 is 12.1 Å². The number of rotatable bonds is 4. The van der Waals surface area contributed by atoms with E-state index in [1.165, 1.54) is 7.11 Å². The molecule has 3 N–H and O–H groups in total. The molecule has 0 amide bonds. The van der Waals surface area contributed by atoms with Crippen LogP contribution < -0.4 is 10.6 Å². The normalized spacial score (nSPS) is 12.2. The van der Waals surface area contributed by atoms with Gasteiger partial charge < -0.3 is 20.5 Å². The van der Waals surface area contributed by atoms with Gasteiger partial charge in [0.25, 0.3) is 0 Å². The van der Waals surface area contributed by atoms with Gasteiger partial charge in [0.05, 0.1) is 13.2 Å². The monoisotopic (exact) mass is 245 g/mol. The van der Waals surface area contributed by atoms with E-state index in [0.29, 0.717) is 11.5 Å². The molecule has 0 saturated carbocycles. The summed E-state index contributed by atoms with van der Waals surface area (Å²) in [5.74, 6) is -0.358. The highest BCUT2D eigenvalue weighted by molar-refractivity contribution is 7.11. The van der Waals surface area contributed by atoms with Crippen LogP contribution in [-0.4, -0.2) is 42.3 Å². The van der Waals surface area contributed by atoms with E-state index in [9.17, 15) is 9.90 Å². The van der Waals surface area contributed by atoms with E-state index in [-0.39, 0.29) is 11.4 Å². The zero-order valence-electron chi connectivity index (χ0n) is 9.43. The van der Waals surface area contributed by atoms with Crippen molar-refractivity contribution < 1.29 is 14.6 Å². The lowest BCUT2D eigenvalue weighted by Crippen LogP contribution is -2.27. The Kier molecular flexibility index (Phi) is 4.08. The summed E-state index contributed by atoms with van der Waals surface area (Å²) in [6.45, 7) is 2.06. The fourth-order valence-corrected chi connectivity index (χ4v) is 2.10. The molecule has 0 aliphatic rings. The fraction of sp³-hybridized carbons (Fsp3) is 0.556. The second kappa shape index (κ2) is 5.13. The molecule has 0 saturated heterocycles. The summed E-state index contributed by atoms with van der Waals surface area (Å²) in [4.78, 5) is 13.2. The summed E-state index contributed by atoms with van der Waals surface area (Å²) in [6.07, 6.45) is -0.501. The van der Waals surface area contributed by atoms with Crippen LogP contribution in [0.25, 0.3) is 0 Å². The third kappa shape index (κ3) is 2.61. The average Bonchev–Trinajstić information content (AvgIpc) is 2.58. The van der Waals surface area contributed by atoms with Crippen molar-refractivity contribution in [3.63, 3.8) is 0 Å². The van der Waals surface area contributed by atoms with Gasteiger partial charge in [-0.2, -0.15) is 4.37 Å². The van der Waals surface area contributed by atoms with Gasteiger partial charge in [-0.1, -0.05) is 0 Å². The van der Waals surface area contributed by atoms with Crippen LogP contribution in [-0.2, 0) is 4.74 Å². The van der Waals surface area contributed by atoms with Crippen molar-refractivity contribution in [1.82, 2.24) is 4.37 Å². The van der Waals surface area contributed by atoms with E-state index in [2.05, 4.69) is 9.11 Å². The summed E-state index contributed by atoms with van der Waals surface area (Å²) >= 11 is 1.11. The maximum Gasteiger partial charge on any atom is 0.344 e. The molecule has 0 radical (unpaired) electrons. The van der Waals surface area contributed by atoms with E-state index >= 15 is 0 Å². The number of aliphatic hydroxyl groups excluding tert-OH is 1. The van der Waals surface area contributed by atoms with Crippen LogP contribution in [0, 0.1) is 0 Å². The number of aliphatic hydroxyl groups is 1. The Bertz CT molecular complexity index is 378. The standard InChI is InChI=1S/C9H15N3O3S/c1-5(13)4-12(2)8-6(9(14)15-3)7(10)11-16-8/h5,13H,4H2,1-3H3,(H2,10,11). The van der Waals surface area contributed by atoms with E-state index in [1.54, 1.807) is 18.9 Å². The second-order valence-electron chi connectivity index (χ2n) is 3.47. The quantitative estimate of drug-likeness (QED) is 0.743. The van der Waals surface area contributed by atoms with Crippen molar-refractivity contribution in [2.75, 3.05) is 31.3 Å². The fourth-order valence-electron chi connectivity index (χ4n) is 1.33. The van der Waals surface area contributed by atoms with Gasteiger partial charge in [0, 0.05) is 13.6 Å². The molecule has 90 valence electrons. The van der Waals surface area contributed by atoms with Crippen LogP contribution in [0.4, 0.5) is 10.8 Å². The molecule has 0 bridgehead atoms. The predicted octanol–water partition coefficient (Wildman–Crippen LogP) is 0.329. The minimum absolute atomic E-state index is 0.157. The third-order valence-electron chi connectivity index (χ3n) is 1.97. The number of carbonyl (C=O) groups is 1. The highest BCUT2D eigenvalue weighted by atomic mass is 32.1. The molecule has 1 atom stereocenters. The second-order valence-corrected chi connectivity index (χ2v) is 4.22. The maximum atomic E-state index is 11.5. The zero-order chi connectivity index (χ0) is 12.3. The predicted molar refractivity (Wildman–Crippen MR) is 62.8 cm³/mol. The highest BCUT2D eigenvalue weighted by Gasteiger charge is 2.22. The Morgan fingerprint density at radius 1 is 1.75 bits per heavy atom. The molecule has 16 heavy (non-hydrogen) atoms. The topological polar surface area (TPSA) is 88.7 Å². The highest BCUT2D eigenvalue weighted by Crippen LogP contribution is 2.30. The summed E-state index contributed by atoms with van der Waals surface area (Å²) in [6, 6.07) is 0. The molecule has 6 nitrogen and oxygen atoms in total. The first kappa shape index (κ1) is 12.7. The van der Waals surface area contributed by atoms with E-state index in [0.717, 1.165) is 11.5 Å². The molecular weight excluding hydrogens is 230 g/mol. The van der Waals surface area contributed by atoms with Gasteiger partial charge in [-0.25, -0.2) is 4.79 Å². The summed E-state index contributed by atoms with van der Waals surface area (Å²) in [7, 11) is 3.05. The number of aromatic nitrogens is 1. The number of nitrogens with zero attached hydrogens (tertiary/aromatic N) is 2. The number of hydrogen-bond donors (Lipinski definition) is 2. The SMILES string of the molecule is COC(=O)c1c(N)nsc1N(C)CC(C)O. The van der Waals surface area contributed by atoms with Gasteiger partial charge >= 0.3 is 5.97 Å². The number of carbonyl (C=O) groups excluding carboxylic acids is 1. The number of hydrogen-bond acceptors (Lipinski definition) is 7. The van der Waals surface area contributed by atoms with Crippen molar-refractivity contribution >= 4 is 28.3 Å². The molecule has 1 unspecified atom stereocenters. The molecule has 0 spiro atoms. The van der Waals surface area contributed by atoms with Crippen LogP contribution in [0.2, 0.25) is 0 Å². The Morgan fingerprint density at radius 3 is 2.88 bits per heavy atom. The van der Waals surface area contributed by atoms with Gasteiger partial charge in [-0.15, -0.1) is 0 Å². The number of nitrogen functional groups attached to an aromatic ring is 1. The Hall–Kier alpha value is -1.34. The molecule has 0 aliphatic heterocycles. The van der Waals surface area contributed by atoms with Crippen molar-refractivity contribution in [2.24, 2.45) is 0 Å². The zero-order valence-corrected chi connectivity index (χ0v) is 10.2. The van der Waals surface area contributed by atoms with Crippen molar-refractivity contribution in [2.45, 2.75) is 13.0 Å². The molecule has 1 heterocycles. The molecule has 1 aromatic rings. The minimum Gasteiger partial charge on any atom is -0.465 e.